The standard InChI is InChI=1S/C14H11ClF2O/c1-8-5-6-11(16)10(7-8)14(18)9-3-2-4-12(17)13(9)15/h2-7,14,18H,1H3. The molecule has 0 heterocycles. The number of aliphatic hydroxyl groups excluding tert-OH is 1. The van der Waals surface area contributed by atoms with Gasteiger partial charge in [0.05, 0.1) is 5.02 Å². The second-order valence-electron chi connectivity index (χ2n) is 4.07. The average Bonchev–Trinajstić information content (AvgIpc) is 2.35. The van der Waals surface area contributed by atoms with Gasteiger partial charge in [-0.2, -0.15) is 0 Å². The van der Waals surface area contributed by atoms with E-state index in [1.807, 2.05) is 0 Å². The molecule has 0 aliphatic rings. The van der Waals surface area contributed by atoms with Gasteiger partial charge in [-0.15, -0.1) is 0 Å². The van der Waals surface area contributed by atoms with Crippen molar-refractivity contribution in [3.05, 3.63) is 69.7 Å². The van der Waals surface area contributed by atoms with Gasteiger partial charge in [0, 0.05) is 11.1 Å². The van der Waals surface area contributed by atoms with Gasteiger partial charge in [-0.25, -0.2) is 8.78 Å². The predicted octanol–water partition coefficient (Wildman–Crippen LogP) is 4.01. The Morgan fingerprint density at radius 3 is 2.50 bits per heavy atom. The summed E-state index contributed by atoms with van der Waals surface area (Å²) in [7, 11) is 0. The number of hydrogen-bond acceptors (Lipinski definition) is 1. The van der Waals surface area contributed by atoms with E-state index < -0.39 is 17.7 Å². The van der Waals surface area contributed by atoms with E-state index in [-0.39, 0.29) is 16.1 Å². The van der Waals surface area contributed by atoms with Crippen LogP contribution in [0, 0.1) is 18.6 Å². The number of rotatable bonds is 2. The van der Waals surface area contributed by atoms with Gasteiger partial charge >= 0.3 is 0 Å². The first-order valence-electron chi connectivity index (χ1n) is 5.38. The molecule has 2 rings (SSSR count). The van der Waals surface area contributed by atoms with E-state index in [2.05, 4.69) is 0 Å². The molecule has 0 amide bonds. The molecule has 0 aromatic heterocycles. The monoisotopic (exact) mass is 268 g/mol. The van der Waals surface area contributed by atoms with Gasteiger partial charge in [0.1, 0.15) is 17.7 Å². The summed E-state index contributed by atoms with van der Waals surface area (Å²) in [5.74, 6) is -1.19. The van der Waals surface area contributed by atoms with Crippen LogP contribution in [0.1, 0.15) is 22.8 Å². The van der Waals surface area contributed by atoms with Crippen molar-refractivity contribution in [2.45, 2.75) is 13.0 Å². The first-order chi connectivity index (χ1) is 8.50. The Kier molecular flexibility index (Phi) is 3.64. The summed E-state index contributed by atoms with van der Waals surface area (Å²) in [6.45, 7) is 1.78. The zero-order chi connectivity index (χ0) is 13.3. The Morgan fingerprint density at radius 2 is 1.78 bits per heavy atom. The van der Waals surface area contributed by atoms with Crippen LogP contribution in [0.3, 0.4) is 0 Å². The fourth-order valence-electron chi connectivity index (χ4n) is 1.77. The van der Waals surface area contributed by atoms with Crippen LogP contribution in [-0.2, 0) is 0 Å². The van der Waals surface area contributed by atoms with E-state index in [1.165, 1.54) is 30.3 Å². The zero-order valence-electron chi connectivity index (χ0n) is 9.62. The minimum absolute atomic E-state index is 0.0856. The third-order valence-corrected chi connectivity index (χ3v) is 3.12. The Balaban J connectivity index is 2.51. The molecule has 94 valence electrons. The molecule has 2 aromatic carbocycles. The number of hydrogen-bond donors (Lipinski definition) is 1. The van der Waals surface area contributed by atoms with Crippen LogP contribution in [0.2, 0.25) is 5.02 Å². The SMILES string of the molecule is Cc1ccc(F)c(C(O)c2cccc(F)c2Cl)c1. The van der Waals surface area contributed by atoms with Gasteiger partial charge in [-0.05, 0) is 19.1 Å². The molecule has 0 spiro atoms. The van der Waals surface area contributed by atoms with E-state index >= 15 is 0 Å². The molecule has 0 aliphatic carbocycles. The lowest BCUT2D eigenvalue weighted by molar-refractivity contribution is 0.214. The minimum atomic E-state index is -1.28. The van der Waals surface area contributed by atoms with Crippen molar-refractivity contribution in [2.75, 3.05) is 0 Å². The van der Waals surface area contributed by atoms with Crippen molar-refractivity contribution in [1.82, 2.24) is 0 Å². The van der Waals surface area contributed by atoms with Crippen molar-refractivity contribution in [3.8, 4) is 0 Å². The molecule has 0 bridgehead atoms. The molecule has 1 nitrogen and oxygen atoms in total. The molecule has 0 radical (unpaired) electrons. The summed E-state index contributed by atoms with van der Waals surface area (Å²) in [5, 5.41) is 9.92. The van der Waals surface area contributed by atoms with E-state index in [0.717, 1.165) is 5.56 Å². The van der Waals surface area contributed by atoms with Gasteiger partial charge in [0.25, 0.3) is 0 Å². The van der Waals surface area contributed by atoms with Crippen molar-refractivity contribution in [1.29, 1.82) is 0 Å². The molecule has 18 heavy (non-hydrogen) atoms. The fourth-order valence-corrected chi connectivity index (χ4v) is 2.00. The van der Waals surface area contributed by atoms with Crippen molar-refractivity contribution >= 4 is 11.6 Å². The van der Waals surface area contributed by atoms with Gasteiger partial charge in [-0.1, -0.05) is 41.4 Å². The highest BCUT2D eigenvalue weighted by atomic mass is 35.5. The molecule has 1 N–H and O–H groups in total. The van der Waals surface area contributed by atoms with Gasteiger partial charge in [-0.3, -0.25) is 0 Å². The maximum Gasteiger partial charge on any atom is 0.142 e. The molecule has 0 saturated carbocycles. The second kappa shape index (κ2) is 5.04. The van der Waals surface area contributed by atoms with Crippen LogP contribution in [0.4, 0.5) is 8.78 Å². The average molecular weight is 269 g/mol. The molecule has 1 unspecified atom stereocenters. The zero-order valence-corrected chi connectivity index (χ0v) is 10.4. The fraction of sp³-hybridized carbons (Fsp3) is 0.143. The van der Waals surface area contributed by atoms with E-state index in [1.54, 1.807) is 13.0 Å². The maximum absolute atomic E-state index is 13.6. The van der Waals surface area contributed by atoms with Crippen LogP contribution in [0.25, 0.3) is 0 Å². The van der Waals surface area contributed by atoms with E-state index in [9.17, 15) is 13.9 Å². The van der Waals surface area contributed by atoms with Gasteiger partial charge in [0.15, 0.2) is 0 Å². The first-order valence-corrected chi connectivity index (χ1v) is 5.76. The lowest BCUT2D eigenvalue weighted by Gasteiger charge is -2.14. The summed E-state index contributed by atoms with van der Waals surface area (Å²) in [6, 6.07) is 8.46. The Morgan fingerprint density at radius 1 is 1.06 bits per heavy atom. The topological polar surface area (TPSA) is 20.2 Å². The first kappa shape index (κ1) is 13.0. The molecule has 0 fully saturated rings. The number of aryl methyl sites for hydroxylation is 1. The van der Waals surface area contributed by atoms with E-state index in [0.29, 0.717) is 0 Å². The third kappa shape index (κ3) is 2.37. The molecule has 1 atom stereocenters. The lowest BCUT2D eigenvalue weighted by Crippen LogP contribution is -2.04. The van der Waals surface area contributed by atoms with Crippen molar-refractivity contribution in [3.63, 3.8) is 0 Å². The lowest BCUT2D eigenvalue weighted by atomic mass is 9.99. The summed E-state index contributed by atoms with van der Waals surface area (Å²) in [4.78, 5) is 0. The molecular weight excluding hydrogens is 258 g/mol. The Bertz CT molecular complexity index is 582. The highest BCUT2D eigenvalue weighted by Gasteiger charge is 2.19. The smallest absolute Gasteiger partial charge is 0.142 e. The normalized spacial score (nSPS) is 12.5. The third-order valence-electron chi connectivity index (χ3n) is 2.72. The van der Waals surface area contributed by atoms with Crippen LogP contribution in [0.15, 0.2) is 36.4 Å². The van der Waals surface area contributed by atoms with Crippen LogP contribution < -0.4 is 0 Å². The number of benzene rings is 2. The molecule has 0 saturated heterocycles. The molecule has 0 aliphatic heterocycles. The Hall–Kier alpha value is -1.45. The highest BCUT2D eigenvalue weighted by Crippen LogP contribution is 2.31. The molecular formula is C14H11ClF2O. The molecule has 2 aromatic rings. The van der Waals surface area contributed by atoms with Crippen molar-refractivity contribution in [2.24, 2.45) is 0 Å². The summed E-state index contributed by atoms with van der Waals surface area (Å²) in [5.41, 5.74) is 1.04. The highest BCUT2D eigenvalue weighted by molar-refractivity contribution is 6.31. The van der Waals surface area contributed by atoms with Crippen molar-refractivity contribution < 1.29 is 13.9 Å². The largest absolute Gasteiger partial charge is 0.383 e. The summed E-state index contributed by atoms with van der Waals surface area (Å²) < 4.78 is 26.9. The molecule has 4 heteroatoms. The van der Waals surface area contributed by atoms with Crippen LogP contribution >= 0.6 is 11.6 Å². The quantitative estimate of drug-likeness (QED) is 0.873. The predicted molar refractivity (Wildman–Crippen MR) is 66.6 cm³/mol. The van der Waals surface area contributed by atoms with Crippen LogP contribution in [0.5, 0.6) is 0 Å². The van der Waals surface area contributed by atoms with Gasteiger partial charge in [0.2, 0.25) is 0 Å². The van der Waals surface area contributed by atoms with E-state index in [4.69, 9.17) is 11.6 Å². The summed E-state index contributed by atoms with van der Waals surface area (Å²) in [6.07, 6.45) is -1.28. The Labute approximate surface area is 109 Å². The second-order valence-corrected chi connectivity index (χ2v) is 4.45. The number of aliphatic hydroxyl groups is 1. The maximum atomic E-state index is 13.6. The minimum Gasteiger partial charge on any atom is -0.383 e. The summed E-state index contributed by atoms with van der Waals surface area (Å²) >= 11 is 5.77. The van der Waals surface area contributed by atoms with Crippen LogP contribution in [-0.4, -0.2) is 5.11 Å². The number of halogens is 3. The van der Waals surface area contributed by atoms with Gasteiger partial charge < -0.3 is 5.11 Å².